The summed E-state index contributed by atoms with van der Waals surface area (Å²) in [6, 6.07) is 16.6. The van der Waals surface area contributed by atoms with Crippen LogP contribution in [0.15, 0.2) is 82.6 Å². The van der Waals surface area contributed by atoms with Gasteiger partial charge < -0.3 is 18.9 Å². The topological polar surface area (TPSA) is 151 Å². The number of methoxy groups -OCH3 is 1. The van der Waals surface area contributed by atoms with E-state index in [9.17, 15) is 13.2 Å². The van der Waals surface area contributed by atoms with Crippen LogP contribution in [0.1, 0.15) is 26.3 Å². The number of sulfonamides is 1. The predicted molar refractivity (Wildman–Crippen MR) is 163 cm³/mol. The van der Waals surface area contributed by atoms with E-state index in [-0.39, 0.29) is 46.7 Å². The molecule has 0 atom stereocenters. The summed E-state index contributed by atoms with van der Waals surface area (Å²) in [5, 5.41) is 2.49. The molecule has 2 aromatic heterocycles. The molecule has 0 unspecified atom stereocenters. The summed E-state index contributed by atoms with van der Waals surface area (Å²) >= 11 is 3.42. The lowest BCUT2D eigenvalue weighted by atomic mass is 9.87. The van der Waals surface area contributed by atoms with Crippen molar-refractivity contribution >= 4 is 43.7 Å². The maximum absolute atomic E-state index is 13.4. The van der Waals surface area contributed by atoms with Crippen LogP contribution >= 0.6 is 15.9 Å². The molecule has 4 aromatic rings. The Morgan fingerprint density at radius 3 is 2.42 bits per heavy atom. The molecule has 0 bridgehead atoms. The molecule has 0 aliphatic rings. The first-order valence-corrected chi connectivity index (χ1v) is 15.2. The molecule has 0 spiro atoms. The maximum Gasteiger partial charge on any atom is 0.412 e. The number of rotatable bonds is 11. The Morgan fingerprint density at radius 1 is 0.977 bits per heavy atom. The normalized spacial score (nSPS) is 11.4. The first-order valence-electron chi connectivity index (χ1n) is 12.9. The van der Waals surface area contributed by atoms with E-state index in [1.54, 1.807) is 48.5 Å². The SMILES string of the molecule is COc1ccc(Br)c(Oc2c(NS(=O)(=O)c3ccc(C(C)(C)C)cc3)ncnc2OCCOC(=O)Nc2ccccn2)c1. The van der Waals surface area contributed by atoms with E-state index in [0.717, 1.165) is 11.9 Å². The highest BCUT2D eigenvalue weighted by Crippen LogP contribution is 2.40. The molecule has 2 N–H and O–H groups in total. The maximum atomic E-state index is 13.4. The van der Waals surface area contributed by atoms with Gasteiger partial charge in [0.1, 0.15) is 36.9 Å². The zero-order chi connectivity index (χ0) is 31.0. The average Bonchev–Trinajstić information content (AvgIpc) is 2.97. The number of halogens is 1. The number of anilines is 2. The fourth-order valence-corrected chi connectivity index (χ4v) is 4.93. The van der Waals surface area contributed by atoms with Gasteiger partial charge in [0.05, 0.1) is 16.5 Å². The number of nitrogens with zero attached hydrogens (tertiary/aromatic N) is 3. The third kappa shape index (κ3) is 8.55. The number of nitrogens with one attached hydrogen (secondary N) is 2. The zero-order valence-electron chi connectivity index (χ0n) is 23.8. The van der Waals surface area contributed by atoms with E-state index in [0.29, 0.717) is 16.0 Å². The van der Waals surface area contributed by atoms with Gasteiger partial charge in [0.2, 0.25) is 5.75 Å². The Hall–Kier alpha value is -4.43. The first-order chi connectivity index (χ1) is 20.5. The molecular formula is C29H30BrN5O7S. The van der Waals surface area contributed by atoms with Crippen molar-refractivity contribution in [3.8, 4) is 23.1 Å². The van der Waals surface area contributed by atoms with Crippen molar-refractivity contribution in [3.63, 3.8) is 0 Å². The zero-order valence-corrected chi connectivity index (χ0v) is 26.2. The summed E-state index contributed by atoms with van der Waals surface area (Å²) < 4.78 is 52.0. The van der Waals surface area contributed by atoms with Crippen LogP contribution in [0.2, 0.25) is 0 Å². The van der Waals surface area contributed by atoms with Gasteiger partial charge in [-0.3, -0.25) is 10.0 Å². The van der Waals surface area contributed by atoms with E-state index >= 15 is 0 Å². The minimum Gasteiger partial charge on any atom is -0.497 e. The third-order valence-electron chi connectivity index (χ3n) is 5.83. The molecule has 12 nitrogen and oxygen atoms in total. The molecule has 14 heteroatoms. The Bertz CT molecular complexity index is 1670. The monoisotopic (exact) mass is 671 g/mol. The highest BCUT2D eigenvalue weighted by Gasteiger charge is 2.24. The highest BCUT2D eigenvalue weighted by molar-refractivity contribution is 9.10. The molecule has 226 valence electrons. The molecule has 0 saturated carbocycles. The average molecular weight is 673 g/mol. The van der Waals surface area contributed by atoms with E-state index in [1.165, 1.54) is 25.4 Å². The number of pyridine rings is 1. The van der Waals surface area contributed by atoms with Crippen LogP contribution in [0.3, 0.4) is 0 Å². The number of aromatic nitrogens is 3. The van der Waals surface area contributed by atoms with Gasteiger partial charge in [0.25, 0.3) is 15.9 Å². The second-order valence-electron chi connectivity index (χ2n) is 9.96. The van der Waals surface area contributed by atoms with Crippen LogP contribution in [0.5, 0.6) is 23.1 Å². The van der Waals surface area contributed by atoms with Crippen molar-refractivity contribution in [3.05, 3.63) is 83.2 Å². The van der Waals surface area contributed by atoms with E-state index < -0.39 is 16.1 Å². The smallest absolute Gasteiger partial charge is 0.412 e. The summed E-state index contributed by atoms with van der Waals surface area (Å²) in [6.07, 6.45) is 1.92. The van der Waals surface area contributed by atoms with Crippen molar-refractivity contribution in [1.29, 1.82) is 0 Å². The Labute approximate surface area is 258 Å². The summed E-state index contributed by atoms with van der Waals surface area (Å²) in [7, 11) is -2.59. The number of carbonyl (C=O) groups is 1. The standard InChI is InChI=1S/C29H30BrN5O7S/c1-29(2,3)19-8-11-21(12-9-19)43(37,38)35-26-25(42-23-17-20(39-4)10-13-22(23)30)27(33-18-32-26)40-15-16-41-28(36)34-24-7-5-6-14-31-24/h5-14,17-18H,15-16H2,1-4H3,(H,31,34,36)(H,32,33,35). The fourth-order valence-electron chi connectivity index (χ4n) is 3.59. The number of hydrogen-bond acceptors (Lipinski definition) is 10. The van der Waals surface area contributed by atoms with Gasteiger partial charge in [-0.1, -0.05) is 39.0 Å². The number of benzene rings is 2. The lowest BCUT2D eigenvalue weighted by Crippen LogP contribution is -2.19. The molecule has 0 radical (unpaired) electrons. The van der Waals surface area contributed by atoms with Crippen molar-refractivity contribution in [2.75, 3.05) is 30.4 Å². The van der Waals surface area contributed by atoms with Crippen LogP contribution in [-0.2, 0) is 20.2 Å². The summed E-state index contributed by atoms with van der Waals surface area (Å²) in [5.41, 5.74) is 0.828. The number of hydrogen-bond donors (Lipinski definition) is 2. The minimum absolute atomic E-state index is 0.0300. The van der Waals surface area contributed by atoms with Crippen LogP contribution in [0.4, 0.5) is 16.4 Å². The Balaban J connectivity index is 1.57. The summed E-state index contributed by atoms with van der Waals surface area (Å²) in [4.78, 5) is 24.4. The lowest BCUT2D eigenvalue weighted by Gasteiger charge is -2.19. The Kier molecular flexibility index (Phi) is 10.0. The third-order valence-corrected chi connectivity index (χ3v) is 7.84. The minimum atomic E-state index is -4.09. The molecule has 43 heavy (non-hydrogen) atoms. The summed E-state index contributed by atoms with van der Waals surface area (Å²) in [6.45, 7) is 5.81. The molecule has 4 rings (SSSR count). The molecule has 0 saturated heterocycles. The fraction of sp³-hybridized carbons (Fsp3) is 0.241. The second kappa shape index (κ2) is 13.7. The first kappa shape index (κ1) is 31.5. The van der Waals surface area contributed by atoms with Gasteiger partial charge in [0, 0.05) is 12.3 Å². The van der Waals surface area contributed by atoms with Crippen molar-refractivity contribution in [2.24, 2.45) is 0 Å². The summed E-state index contributed by atoms with van der Waals surface area (Å²) in [5.74, 6) is 0.705. The predicted octanol–water partition coefficient (Wildman–Crippen LogP) is 6.16. The van der Waals surface area contributed by atoms with E-state index in [2.05, 4.69) is 40.9 Å². The largest absolute Gasteiger partial charge is 0.497 e. The number of amides is 1. The molecule has 2 heterocycles. The Morgan fingerprint density at radius 2 is 1.74 bits per heavy atom. The van der Waals surface area contributed by atoms with Gasteiger partial charge in [-0.25, -0.2) is 23.2 Å². The molecular weight excluding hydrogens is 642 g/mol. The molecule has 0 aliphatic heterocycles. The van der Waals surface area contributed by atoms with Gasteiger partial charge in [-0.15, -0.1) is 0 Å². The van der Waals surface area contributed by atoms with Crippen molar-refractivity contribution in [2.45, 2.75) is 31.1 Å². The quantitative estimate of drug-likeness (QED) is 0.177. The highest BCUT2D eigenvalue weighted by atomic mass is 79.9. The second-order valence-corrected chi connectivity index (χ2v) is 12.5. The van der Waals surface area contributed by atoms with Gasteiger partial charge in [-0.2, -0.15) is 4.98 Å². The molecule has 1 amide bonds. The van der Waals surface area contributed by atoms with Crippen LogP contribution in [0.25, 0.3) is 0 Å². The van der Waals surface area contributed by atoms with Gasteiger partial charge >= 0.3 is 6.09 Å². The van der Waals surface area contributed by atoms with Crippen LogP contribution in [-0.4, -0.2) is 49.8 Å². The molecule has 2 aromatic carbocycles. The number of carbonyl (C=O) groups excluding carboxylic acids is 1. The molecule has 0 aliphatic carbocycles. The van der Waals surface area contributed by atoms with Crippen LogP contribution in [0, 0.1) is 0 Å². The van der Waals surface area contributed by atoms with E-state index in [4.69, 9.17) is 18.9 Å². The lowest BCUT2D eigenvalue weighted by molar-refractivity contribution is 0.135. The van der Waals surface area contributed by atoms with Crippen LogP contribution < -0.4 is 24.2 Å². The van der Waals surface area contributed by atoms with Crippen molar-refractivity contribution in [1.82, 2.24) is 15.0 Å². The van der Waals surface area contributed by atoms with Gasteiger partial charge in [0.15, 0.2) is 5.82 Å². The molecule has 0 fully saturated rings. The number of ether oxygens (including phenoxy) is 4. The van der Waals surface area contributed by atoms with Gasteiger partial charge in [-0.05, 0) is 63.3 Å². The van der Waals surface area contributed by atoms with E-state index in [1.807, 2.05) is 20.8 Å². The van der Waals surface area contributed by atoms with Crippen molar-refractivity contribution < 1.29 is 32.2 Å².